The van der Waals surface area contributed by atoms with Crippen molar-refractivity contribution >= 4 is 34.8 Å². The fourth-order valence-electron chi connectivity index (χ4n) is 2.42. The molecule has 0 fully saturated rings. The van der Waals surface area contributed by atoms with Gasteiger partial charge in [-0.15, -0.1) is 0 Å². The lowest BCUT2D eigenvalue weighted by molar-refractivity contribution is -0.118. The molecule has 2 rings (SSSR count). The van der Waals surface area contributed by atoms with Crippen LogP contribution >= 0.6 is 23.2 Å². The summed E-state index contributed by atoms with van der Waals surface area (Å²) < 4.78 is 11.1. The number of likely N-dealkylation sites (N-methyl/N-ethyl adjacent to an activating group) is 1. The van der Waals surface area contributed by atoms with Crippen LogP contribution in [0.1, 0.15) is 13.8 Å². The van der Waals surface area contributed by atoms with Gasteiger partial charge in [-0.05, 0) is 43.4 Å². The van der Waals surface area contributed by atoms with Crippen molar-refractivity contribution < 1.29 is 14.3 Å². The summed E-state index contributed by atoms with van der Waals surface area (Å²) in [7, 11) is 0. The summed E-state index contributed by atoms with van der Waals surface area (Å²) in [6.45, 7) is 7.43. The van der Waals surface area contributed by atoms with Crippen molar-refractivity contribution in [3.05, 3.63) is 52.5 Å². The zero-order valence-electron chi connectivity index (χ0n) is 15.5. The third kappa shape index (κ3) is 6.94. The molecule has 0 saturated carbocycles. The van der Waals surface area contributed by atoms with Gasteiger partial charge in [0.05, 0.1) is 10.0 Å². The number of benzene rings is 2. The average Bonchev–Trinajstić information content (AvgIpc) is 2.66. The van der Waals surface area contributed by atoms with Crippen LogP contribution in [-0.2, 0) is 4.79 Å². The molecule has 0 radical (unpaired) electrons. The Morgan fingerprint density at radius 2 is 1.70 bits per heavy atom. The zero-order valence-corrected chi connectivity index (χ0v) is 17.0. The number of para-hydroxylation sites is 1. The second kappa shape index (κ2) is 11.0. The smallest absolute Gasteiger partial charge is 0.262 e. The number of hydrogen-bond donors (Lipinski definition) is 1. The predicted molar refractivity (Wildman–Crippen MR) is 110 cm³/mol. The SMILES string of the molecule is CCN(CC)CCOc1ccc(NC(=O)COc2ccccc2Cl)cc1Cl. The van der Waals surface area contributed by atoms with E-state index in [1.807, 2.05) is 0 Å². The average molecular weight is 411 g/mol. The van der Waals surface area contributed by atoms with Gasteiger partial charge in [0, 0.05) is 12.2 Å². The molecule has 0 bridgehead atoms. The normalized spacial score (nSPS) is 10.7. The molecule has 0 aromatic heterocycles. The quantitative estimate of drug-likeness (QED) is 0.614. The van der Waals surface area contributed by atoms with E-state index in [0.29, 0.717) is 33.8 Å². The zero-order chi connectivity index (χ0) is 19.6. The molecule has 7 heteroatoms. The number of nitrogens with zero attached hydrogens (tertiary/aromatic N) is 1. The van der Waals surface area contributed by atoms with E-state index in [9.17, 15) is 4.79 Å². The summed E-state index contributed by atoms with van der Waals surface area (Å²) >= 11 is 12.2. The fourth-order valence-corrected chi connectivity index (χ4v) is 2.85. The molecule has 1 N–H and O–H groups in total. The summed E-state index contributed by atoms with van der Waals surface area (Å²) in [6, 6.07) is 12.1. The van der Waals surface area contributed by atoms with Crippen molar-refractivity contribution in [1.82, 2.24) is 4.90 Å². The molecule has 2 aromatic rings. The molecule has 0 aliphatic heterocycles. The van der Waals surface area contributed by atoms with Crippen molar-refractivity contribution in [2.24, 2.45) is 0 Å². The van der Waals surface area contributed by atoms with Crippen LogP contribution in [-0.4, -0.2) is 43.7 Å². The van der Waals surface area contributed by atoms with E-state index in [-0.39, 0.29) is 12.5 Å². The second-order valence-electron chi connectivity index (χ2n) is 5.79. The van der Waals surface area contributed by atoms with Crippen molar-refractivity contribution in [2.75, 3.05) is 38.2 Å². The number of carbonyl (C=O) groups excluding carboxylic acids is 1. The highest BCUT2D eigenvalue weighted by Crippen LogP contribution is 2.28. The van der Waals surface area contributed by atoms with Crippen LogP contribution in [0.15, 0.2) is 42.5 Å². The molecule has 0 aliphatic rings. The number of amides is 1. The minimum Gasteiger partial charge on any atom is -0.491 e. The van der Waals surface area contributed by atoms with E-state index in [1.54, 1.807) is 42.5 Å². The molecule has 5 nitrogen and oxygen atoms in total. The predicted octanol–water partition coefficient (Wildman–Crippen LogP) is 4.73. The Labute approximate surface area is 170 Å². The van der Waals surface area contributed by atoms with Gasteiger partial charge in [0.25, 0.3) is 5.91 Å². The van der Waals surface area contributed by atoms with E-state index < -0.39 is 0 Å². The van der Waals surface area contributed by atoms with Gasteiger partial charge >= 0.3 is 0 Å². The molecule has 0 heterocycles. The van der Waals surface area contributed by atoms with Gasteiger partial charge in [-0.3, -0.25) is 4.79 Å². The lowest BCUT2D eigenvalue weighted by Gasteiger charge is -2.18. The van der Waals surface area contributed by atoms with Crippen molar-refractivity contribution in [2.45, 2.75) is 13.8 Å². The molecule has 2 aromatic carbocycles. The number of hydrogen-bond acceptors (Lipinski definition) is 4. The number of nitrogens with one attached hydrogen (secondary N) is 1. The van der Waals surface area contributed by atoms with Gasteiger partial charge in [-0.1, -0.05) is 49.2 Å². The van der Waals surface area contributed by atoms with E-state index in [0.717, 1.165) is 19.6 Å². The van der Waals surface area contributed by atoms with Gasteiger partial charge in [-0.25, -0.2) is 0 Å². The Bertz CT molecular complexity index is 752. The van der Waals surface area contributed by atoms with Crippen molar-refractivity contribution in [1.29, 1.82) is 0 Å². The van der Waals surface area contributed by atoms with Crippen LogP contribution < -0.4 is 14.8 Å². The number of anilines is 1. The lowest BCUT2D eigenvalue weighted by atomic mass is 10.3. The molecule has 0 saturated heterocycles. The molecule has 0 atom stereocenters. The van der Waals surface area contributed by atoms with Crippen LogP contribution in [0.4, 0.5) is 5.69 Å². The Hall–Kier alpha value is -1.95. The van der Waals surface area contributed by atoms with Crippen LogP contribution in [0.25, 0.3) is 0 Å². The van der Waals surface area contributed by atoms with Gasteiger partial charge in [0.15, 0.2) is 6.61 Å². The highest BCUT2D eigenvalue weighted by atomic mass is 35.5. The molecule has 1 amide bonds. The molecular weight excluding hydrogens is 387 g/mol. The van der Waals surface area contributed by atoms with Crippen LogP contribution in [0.5, 0.6) is 11.5 Å². The monoisotopic (exact) mass is 410 g/mol. The number of halogens is 2. The second-order valence-corrected chi connectivity index (χ2v) is 6.60. The highest BCUT2D eigenvalue weighted by molar-refractivity contribution is 6.32. The maximum Gasteiger partial charge on any atom is 0.262 e. The van der Waals surface area contributed by atoms with E-state index in [2.05, 4.69) is 24.1 Å². The Balaban J connectivity index is 1.84. The number of rotatable bonds is 10. The molecule has 0 spiro atoms. The molecular formula is C20H24Cl2N2O3. The minimum atomic E-state index is -0.304. The summed E-state index contributed by atoms with van der Waals surface area (Å²) in [5.74, 6) is 0.750. The van der Waals surface area contributed by atoms with E-state index in [1.165, 1.54) is 0 Å². The summed E-state index contributed by atoms with van der Waals surface area (Å²) in [4.78, 5) is 14.3. The Morgan fingerprint density at radius 1 is 1.00 bits per heavy atom. The standard InChI is InChI=1S/C20H24Cl2N2O3/c1-3-24(4-2)11-12-26-19-10-9-15(13-17(19)22)23-20(25)14-27-18-8-6-5-7-16(18)21/h5-10,13H,3-4,11-12,14H2,1-2H3,(H,23,25). The Kier molecular flexibility index (Phi) is 8.72. The van der Waals surface area contributed by atoms with Crippen LogP contribution in [0.2, 0.25) is 10.0 Å². The minimum absolute atomic E-state index is 0.149. The van der Waals surface area contributed by atoms with Crippen LogP contribution in [0, 0.1) is 0 Å². The van der Waals surface area contributed by atoms with Crippen molar-refractivity contribution in [3.63, 3.8) is 0 Å². The maximum atomic E-state index is 12.0. The van der Waals surface area contributed by atoms with Gasteiger partial charge in [-0.2, -0.15) is 0 Å². The van der Waals surface area contributed by atoms with Gasteiger partial charge < -0.3 is 19.7 Å². The topological polar surface area (TPSA) is 50.8 Å². The highest BCUT2D eigenvalue weighted by Gasteiger charge is 2.09. The maximum absolute atomic E-state index is 12.0. The van der Waals surface area contributed by atoms with E-state index in [4.69, 9.17) is 32.7 Å². The van der Waals surface area contributed by atoms with E-state index >= 15 is 0 Å². The van der Waals surface area contributed by atoms with Crippen LogP contribution in [0.3, 0.4) is 0 Å². The molecule has 146 valence electrons. The lowest BCUT2D eigenvalue weighted by Crippen LogP contribution is -2.27. The largest absolute Gasteiger partial charge is 0.491 e. The fraction of sp³-hybridized carbons (Fsp3) is 0.350. The molecule has 0 unspecified atom stereocenters. The van der Waals surface area contributed by atoms with Gasteiger partial charge in [0.1, 0.15) is 18.1 Å². The summed E-state index contributed by atoms with van der Waals surface area (Å²) in [5, 5.41) is 3.64. The Morgan fingerprint density at radius 3 is 2.37 bits per heavy atom. The van der Waals surface area contributed by atoms with Crippen molar-refractivity contribution in [3.8, 4) is 11.5 Å². The molecule has 0 aliphatic carbocycles. The first-order chi connectivity index (χ1) is 13.0. The third-order valence-corrected chi connectivity index (χ3v) is 4.58. The number of carbonyl (C=O) groups is 1. The third-order valence-electron chi connectivity index (χ3n) is 3.97. The first-order valence-electron chi connectivity index (χ1n) is 8.85. The number of ether oxygens (including phenoxy) is 2. The van der Waals surface area contributed by atoms with Gasteiger partial charge in [0.2, 0.25) is 0 Å². The first kappa shape index (κ1) is 21.4. The first-order valence-corrected chi connectivity index (χ1v) is 9.61. The summed E-state index contributed by atoms with van der Waals surface area (Å²) in [5.41, 5.74) is 0.573. The molecule has 27 heavy (non-hydrogen) atoms. The summed E-state index contributed by atoms with van der Waals surface area (Å²) in [6.07, 6.45) is 0.